The van der Waals surface area contributed by atoms with E-state index >= 15 is 0 Å². The molecule has 0 heterocycles. The second-order valence-corrected chi connectivity index (χ2v) is 7.36. The highest BCUT2D eigenvalue weighted by Crippen LogP contribution is 2.29. The lowest BCUT2D eigenvalue weighted by Crippen LogP contribution is -2.37. The molecule has 0 saturated carbocycles. The van der Waals surface area contributed by atoms with Crippen molar-refractivity contribution in [2.75, 3.05) is 7.11 Å². The van der Waals surface area contributed by atoms with E-state index in [2.05, 4.69) is 5.32 Å². The van der Waals surface area contributed by atoms with Gasteiger partial charge in [0.1, 0.15) is 5.75 Å². The minimum Gasteiger partial charge on any atom is -0.493 e. The van der Waals surface area contributed by atoms with Gasteiger partial charge in [0.05, 0.1) is 13.2 Å². The lowest BCUT2D eigenvalue weighted by molar-refractivity contribution is -0.128. The molecule has 3 aromatic rings. The van der Waals surface area contributed by atoms with Crippen molar-refractivity contribution >= 4 is 16.7 Å². The van der Waals surface area contributed by atoms with Gasteiger partial charge in [-0.15, -0.1) is 0 Å². The molecular weight excluding hydrogens is 378 g/mol. The highest BCUT2D eigenvalue weighted by Gasteiger charge is 2.19. The molecule has 0 aliphatic carbocycles. The van der Waals surface area contributed by atoms with Gasteiger partial charge in [0.2, 0.25) is 0 Å². The van der Waals surface area contributed by atoms with Gasteiger partial charge in [-0.2, -0.15) is 0 Å². The van der Waals surface area contributed by atoms with Crippen LogP contribution < -0.4 is 19.5 Å². The van der Waals surface area contributed by atoms with E-state index in [1.807, 2.05) is 81.4 Å². The molecule has 1 N–H and O–H groups in total. The van der Waals surface area contributed by atoms with Gasteiger partial charge in [0.25, 0.3) is 5.91 Å². The van der Waals surface area contributed by atoms with Gasteiger partial charge >= 0.3 is 0 Å². The topological polar surface area (TPSA) is 56.8 Å². The van der Waals surface area contributed by atoms with Gasteiger partial charge in [-0.25, -0.2) is 0 Å². The van der Waals surface area contributed by atoms with Gasteiger partial charge in [0.15, 0.2) is 17.6 Å². The molecule has 0 radical (unpaired) electrons. The summed E-state index contributed by atoms with van der Waals surface area (Å²) in [6.45, 7) is 6.26. The minimum atomic E-state index is -0.568. The first kappa shape index (κ1) is 21.5. The SMILES string of the molecule is CC[C@@H](Oc1cccc2ccccc12)C(=O)NCc1ccc(OC(C)C)c(OC)c1. The highest BCUT2D eigenvalue weighted by atomic mass is 16.5. The first-order chi connectivity index (χ1) is 14.5. The summed E-state index contributed by atoms with van der Waals surface area (Å²) in [5.41, 5.74) is 0.927. The number of rotatable bonds is 9. The van der Waals surface area contributed by atoms with Crippen molar-refractivity contribution in [1.82, 2.24) is 5.32 Å². The van der Waals surface area contributed by atoms with Gasteiger partial charge < -0.3 is 19.5 Å². The van der Waals surface area contributed by atoms with E-state index in [1.165, 1.54) is 0 Å². The van der Waals surface area contributed by atoms with Crippen molar-refractivity contribution in [3.63, 3.8) is 0 Å². The van der Waals surface area contributed by atoms with Crippen LogP contribution in [-0.4, -0.2) is 25.2 Å². The number of benzene rings is 3. The van der Waals surface area contributed by atoms with Crippen LogP contribution in [0.2, 0.25) is 0 Å². The van der Waals surface area contributed by atoms with E-state index in [0.717, 1.165) is 16.3 Å². The second-order valence-electron chi connectivity index (χ2n) is 7.36. The van der Waals surface area contributed by atoms with Crippen LogP contribution in [0.5, 0.6) is 17.2 Å². The van der Waals surface area contributed by atoms with E-state index in [0.29, 0.717) is 30.2 Å². The maximum atomic E-state index is 12.8. The largest absolute Gasteiger partial charge is 0.493 e. The number of amides is 1. The molecule has 1 amide bonds. The van der Waals surface area contributed by atoms with Gasteiger partial charge in [0, 0.05) is 11.9 Å². The van der Waals surface area contributed by atoms with Crippen LogP contribution in [0.4, 0.5) is 0 Å². The maximum Gasteiger partial charge on any atom is 0.261 e. The Labute approximate surface area is 178 Å². The van der Waals surface area contributed by atoms with Gasteiger partial charge in [-0.1, -0.05) is 49.4 Å². The molecule has 0 aromatic heterocycles. The number of ether oxygens (including phenoxy) is 3. The molecule has 3 aromatic carbocycles. The lowest BCUT2D eigenvalue weighted by atomic mass is 10.1. The van der Waals surface area contributed by atoms with Crippen LogP contribution in [0.1, 0.15) is 32.8 Å². The van der Waals surface area contributed by atoms with Crippen molar-refractivity contribution < 1.29 is 19.0 Å². The number of hydrogen-bond donors (Lipinski definition) is 1. The van der Waals surface area contributed by atoms with Crippen LogP contribution in [0, 0.1) is 0 Å². The van der Waals surface area contributed by atoms with Crippen molar-refractivity contribution in [3.05, 3.63) is 66.2 Å². The molecule has 0 aliphatic heterocycles. The molecule has 0 fully saturated rings. The molecule has 1 atom stereocenters. The summed E-state index contributed by atoms with van der Waals surface area (Å²) in [6.07, 6.45) is 0.0572. The van der Waals surface area contributed by atoms with Crippen molar-refractivity contribution in [2.45, 2.75) is 45.9 Å². The third-order valence-electron chi connectivity index (χ3n) is 4.74. The number of methoxy groups -OCH3 is 1. The summed E-state index contributed by atoms with van der Waals surface area (Å²) in [5.74, 6) is 1.90. The molecule has 30 heavy (non-hydrogen) atoms. The predicted octanol–water partition coefficient (Wildman–Crippen LogP) is 5.11. The zero-order chi connectivity index (χ0) is 21.5. The van der Waals surface area contributed by atoms with Gasteiger partial charge in [-0.05, 0) is 49.4 Å². The first-order valence-corrected chi connectivity index (χ1v) is 10.3. The van der Waals surface area contributed by atoms with Crippen LogP contribution in [0.25, 0.3) is 10.8 Å². The number of carbonyl (C=O) groups excluding carboxylic acids is 1. The zero-order valence-electron chi connectivity index (χ0n) is 18.0. The van der Waals surface area contributed by atoms with Gasteiger partial charge in [-0.3, -0.25) is 4.79 Å². The number of hydrogen-bond acceptors (Lipinski definition) is 4. The van der Waals surface area contributed by atoms with E-state index in [9.17, 15) is 4.79 Å². The quantitative estimate of drug-likeness (QED) is 0.536. The van der Waals surface area contributed by atoms with E-state index in [1.54, 1.807) is 7.11 Å². The average molecular weight is 408 g/mol. The Bertz CT molecular complexity index is 994. The summed E-state index contributed by atoms with van der Waals surface area (Å²) in [6, 6.07) is 19.5. The third-order valence-corrected chi connectivity index (χ3v) is 4.74. The molecule has 0 bridgehead atoms. The molecule has 5 heteroatoms. The Hall–Kier alpha value is -3.21. The van der Waals surface area contributed by atoms with Crippen molar-refractivity contribution in [2.24, 2.45) is 0 Å². The first-order valence-electron chi connectivity index (χ1n) is 10.3. The summed E-state index contributed by atoms with van der Waals surface area (Å²) in [4.78, 5) is 12.8. The fourth-order valence-corrected chi connectivity index (χ4v) is 3.25. The van der Waals surface area contributed by atoms with Crippen molar-refractivity contribution in [3.8, 4) is 17.2 Å². The average Bonchev–Trinajstić information content (AvgIpc) is 2.76. The van der Waals surface area contributed by atoms with Crippen LogP contribution in [-0.2, 0) is 11.3 Å². The summed E-state index contributed by atoms with van der Waals surface area (Å²) in [5, 5.41) is 5.05. The summed E-state index contributed by atoms with van der Waals surface area (Å²) >= 11 is 0. The van der Waals surface area contributed by atoms with E-state index in [-0.39, 0.29) is 12.0 Å². The summed E-state index contributed by atoms with van der Waals surface area (Å²) in [7, 11) is 1.61. The number of fused-ring (bicyclic) bond motifs is 1. The second kappa shape index (κ2) is 10.0. The highest BCUT2D eigenvalue weighted by molar-refractivity contribution is 5.89. The standard InChI is InChI=1S/C25H29NO4/c1-5-21(30-22-12-8-10-19-9-6-7-11-20(19)22)25(27)26-16-18-13-14-23(29-17(2)3)24(15-18)28-4/h6-15,17,21H,5,16H2,1-4H3,(H,26,27)/t21-/m1/s1. The molecule has 3 rings (SSSR count). The monoisotopic (exact) mass is 407 g/mol. The van der Waals surface area contributed by atoms with Crippen LogP contribution >= 0.6 is 0 Å². The Morgan fingerprint density at radius 1 is 0.933 bits per heavy atom. The van der Waals surface area contributed by atoms with Crippen molar-refractivity contribution in [1.29, 1.82) is 0 Å². The Morgan fingerprint density at radius 2 is 1.70 bits per heavy atom. The predicted molar refractivity (Wildman–Crippen MR) is 119 cm³/mol. The Morgan fingerprint density at radius 3 is 2.43 bits per heavy atom. The number of carbonyl (C=O) groups is 1. The summed E-state index contributed by atoms with van der Waals surface area (Å²) < 4.78 is 17.2. The maximum absolute atomic E-state index is 12.8. The fraction of sp³-hybridized carbons (Fsp3) is 0.320. The van der Waals surface area contributed by atoms with Crippen LogP contribution in [0.15, 0.2) is 60.7 Å². The normalized spacial score (nSPS) is 11.9. The fourth-order valence-electron chi connectivity index (χ4n) is 3.25. The smallest absolute Gasteiger partial charge is 0.261 e. The molecule has 0 aliphatic rings. The van der Waals surface area contributed by atoms with E-state index < -0.39 is 6.10 Å². The molecule has 0 saturated heterocycles. The molecule has 0 spiro atoms. The Kier molecular flexibility index (Phi) is 7.17. The van der Waals surface area contributed by atoms with Crippen LogP contribution in [0.3, 0.4) is 0 Å². The molecule has 158 valence electrons. The molecule has 0 unspecified atom stereocenters. The number of nitrogens with one attached hydrogen (secondary N) is 1. The Balaban J connectivity index is 1.67. The molecule has 5 nitrogen and oxygen atoms in total. The zero-order valence-corrected chi connectivity index (χ0v) is 18.0. The minimum absolute atomic E-state index is 0.0565. The lowest BCUT2D eigenvalue weighted by Gasteiger charge is -2.19. The molecular formula is C25H29NO4. The van der Waals surface area contributed by atoms with E-state index in [4.69, 9.17) is 14.2 Å². The third kappa shape index (κ3) is 5.23.